The van der Waals surface area contributed by atoms with Gasteiger partial charge in [0, 0.05) is 48.5 Å². The van der Waals surface area contributed by atoms with Gasteiger partial charge in [0.05, 0.1) is 17.8 Å². The summed E-state index contributed by atoms with van der Waals surface area (Å²) in [5, 5.41) is 6.09. The minimum Gasteiger partial charge on any atom is -0.368 e. The molecule has 0 atom stereocenters. The zero-order chi connectivity index (χ0) is 22.8. The van der Waals surface area contributed by atoms with Crippen LogP contribution in [0.25, 0.3) is 10.1 Å². The number of carbonyl (C=O) groups is 2. The third-order valence-electron chi connectivity index (χ3n) is 6.49. The molecule has 0 radical (unpaired) electrons. The Kier molecular flexibility index (Phi) is 6.28. The number of amides is 2. The van der Waals surface area contributed by atoms with Gasteiger partial charge in [-0.15, -0.1) is 11.3 Å². The largest absolute Gasteiger partial charge is 0.368 e. The van der Waals surface area contributed by atoms with Gasteiger partial charge in [0.15, 0.2) is 0 Å². The zero-order valence-electron chi connectivity index (χ0n) is 18.4. The highest BCUT2D eigenvalue weighted by Crippen LogP contribution is 2.31. The lowest BCUT2D eigenvalue weighted by Gasteiger charge is -2.36. The van der Waals surface area contributed by atoms with Crippen LogP contribution < -0.4 is 15.1 Å². The number of benzene rings is 2. The number of hydrogen-bond donors (Lipinski definition) is 1. The van der Waals surface area contributed by atoms with Crippen LogP contribution >= 0.6 is 11.3 Å². The van der Waals surface area contributed by atoms with Crippen LogP contribution in [0.2, 0.25) is 0 Å². The van der Waals surface area contributed by atoms with Crippen LogP contribution in [0.15, 0.2) is 47.8 Å². The summed E-state index contributed by atoms with van der Waals surface area (Å²) in [6.07, 6.45) is 1.74. The molecule has 33 heavy (non-hydrogen) atoms. The molecule has 1 fully saturated rings. The first kappa shape index (κ1) is 21.9. The van der Waals surface area contributed by atoms with Crippen LogP contribution in [-0.4, -0.2) is 62.5 Å². The fraction of sp³-hybridized carbons (Fsp3) is 0.360. The van der Waals surface area contributed by atoms with Crippen molar-refractivity contribution in [1.82, 2.24) is 10.2 Å². The fourth-order valence-corrected chi connectivity index (χ4v) is 5.53. The van der Waals surface area contributed by atoms with E-state index >= 15 is 0 Å². The number of nitrogens with zero attached hydrogens (tertiary/aromatic N) is 3. The molecule has 2 aromatic carbocycles. The number of fused-ring (bicyclic) bond motifs is 2. The number of halogens is 1. The maximum Gasteiger partial charge on any atom is 0.253 e. The molecule has 0 saturated carbocycles. The van der Waals surface area contributed by atoms with E-state index in [4.69, 9.17) is 0 Å². The van der Waals surface area contributed by atoms with Crippen molar-refractivity contribution in [3.05, 3.63) is 59.2 Å². The number of thiophene rings is 1. The predicted octanol–water partition coefficient (Wildman–Crippen LogP) is 3.72. The van der Waals surface area contributed by atoms with Crippen molar-refractivity contribution in [2.24, 2.45) is 0 Å². The quantitative estimate of drug-likeness (QED) is 0.563. The molecule has 8 heteroatoms. The molecule has 1 saturated heterocycles. The molecule has 0 bridgehead atoms. The summed E-state index contributed by atoms with van der Waals surface area (Å²) >= 11 is 1.78. The second-order valence-electron chi connectivity index (χ2n) is 8.53. The molecule has 172 valence electrons. The highest BCUT2D eigenvalue weighted by molar-refractivity contribution is 7.17. The van der Waals surface area contributed by atoms with Gasteiger partial charge in [0.2, 0.25) is 5.91 Å². The van der Waals surface area contributed by atoms with E-state index in [-0.39, 0.29) is 18.4 Å². The second-order valence-corrected chi connectivity index (χ2v) is 9.48. The van der Waals surface area contributed by atoms with Crippen molar-refractivity contribution in [2.45, 2.75) is 12.8 Å². The van der Waals surface area contributed by atoms with Crippen LogP contribution in [0.1, 0.15) is 23.2 Å². The zero-order valence-corrected chi connectivity index (χ0v) is 19.2. The summed E-state index contributed by atoms with van der Waals surface area (Å²) in [6.45, 7) is 5.40. The van der Waals surface area contributed by atoms with Crippen molar-refractivity contribution < 1.29 is 14.0 Å². The molecule has 2 aliphatic heterocycles. The fourth-order valence-electron chi connectivity index (χ4n) is 4.72. The first-order valence-corrected chi connectivity index (χ1v) is 12.3. The Bertz CT molecular complexity index is 1170. The Morgan fingerprint density at radius 1 is 0.939 bits per heavy atom. The molecule has 2 amide bonds. The molecule has 0 unspecified atom stereocenters. The SMILES string of the molecule is O=C1NCC(=O)N(CCCCN2CCN(c3cccc4sccc34)CC2)c2cc(F)ccc21. The Balaban J connectivity index is 1.14. The third kappa shape index (κ3) is 4.58. The van der Waals surface area contributed by atoms with Crippen molar-refractivity contribution in [1.29, 1.82) is 0 Å². The van der Waals surface area contributed by atoms with E-state index in [0.717, 1.165) is 45.6 Å². The number of hydrogen-bond acceptors (Lipinski definition) is 5. The van der Waals surface area contributed by atoms with Crippen molar-refractivity contribution in [3.8, 4) is 0 Å². The first-order valence-electron chi connectivity index (χ1n) is 11.4. The summed E-state index contributed by atoms with van der Waals surface area (Å²) in [4.78, 5) is 31.2. The smallest absolute Gasteiger partial charge is 0.253 e. The summed E-state index contributed by atoms with van der Waals surface area (Å²) in [7, 11) is 0. The Labute approximate surface area is 196 Å². The molecular formula is C25H27FN4O2S. The Hall–Kier alpha value is -2.97. The first-order chi connectivity index (χ1) is 16.1. The van der Waals surface area contributed by atoms with Gasteiger partial charge in [-0.1, -0.05) is 6.07 Å². The third-order valence-corrected chi connectivity index (χ3v) is 7.37. The monoisotopic (exact) mass is 466 g/mol. The van der Waals surface area contributed by atoms with Crippen LogP contribution in [0, 0.1) is 5.82 Å². The minimum absolute atomic E-state index is 0.0615. The molecule has 6 nitrogen and oxygen atoms in total. The van der Waals surface area contributed by atoms with E-state index in [9.17, 15) is 14.0 Å². The molecule has 1 N–H and O–H groups in total. The molecular weight excluding hydrogens is 439 g/mol. The van der Waals surface area contributed by atoms with Crippen LogP contribution in [0.5, 0.6) is 0 Å². The molecule has 3 heterocycles. The van der Waals surface area contributed by atoms with Crippen molar-refractivity contribution >= 4 is 44.6 Å². The number of carbonyl (C=O) groups excluding carboxylic acids is 2. The number of unbranched alkanes of at least 4 members (excludes halogenated alkanes) is 1. The maximum atomic E-state index is 13.8. The van der Waals surface area contributed by atoms with E-state index in [0.29, 0.717) is 17.8 Å². The minimum atomic E-state index is -0.447. The average Bonchev–Trinajstić information content (AvgIpc) is 3.28. The number of anilines is 2. The van der Waals surface area contributed by atoms with E-state index in [1.807, 2.05) is 0 Å². The van der Waals surface area contributed by atoms with Gasteiger partial charge in [-0.05, 0) is 61.2 Å². The summed E-state index contributed by atoms with van der Waals surface area (Å²) < 4.78 is 15.2. The molecule has 2 aliphatic rings. The van der Waals surface area contributed by atoms with Crippen LogP contribution in [-0.2, 0) is 4.79 Å². The summed E-state index contributed by atoms with van der Waals surface area (Å²) in [5.74, 6) is -0.988. The van der Waals surface area contributed by atoms with Gasteiger partial charge in [0.1, 0.15) is 5.82 Å². The lowest BCUT2D eigenvalue weighted by molar-refractivity contribution is -0.117. The normalized spacial score (nSPS) is 17.2. The average molecular weight is 467 g/mol. The topological polar surface area (TPSA) is 55.9 Å². The van der Waals surface area contributed by atoms with Gasteiger partial charge in [0.25, 0.3) is 5.91 Å². The lowest BCUT2D eigenvalue weighted by Crippen LogP contribution is -2.46. The van der Waals surface area contributed by atoms with Gasteiger partial charge >= 0.3 is 0 Å². The summed E-state index contributed by atoms with van der Waals surface area (Å²) in [5.41, 5.74) is 2.03. The van der Waals surface area contributed by atoms with Crippen molar-refractivity contribution in [3.63, 3.8) is 0 Å². The Morgan fingerprint density at radius 3 is 2.61 bits per heavy atom. The van der Waals surface area contributed by atoms with E-state index in [2.05, 4.69) is 44.8 Å². The maximum absolute atomic E-state index is 13.8. The standard InChI is InChI=1S/C25H27FN4O2S/c26-18-6-7-20-22(16-18)30(24(31)17-27-25(20)32)10-2-1-9-28-11-13-29(14-12-28)21-4-3-5-23-19(21)8-15-33-23/h3-8,15-16H,1-2,9-14,17H2,(H,27,32). The van der Waals surface area contributed by atoms with E-state index < -0.39 is 5.82 Å². The van der Waals surface area contributed by atoms with E-state index in [1.165, 1.54) is 34.0 Å². The lowest BCUT2D eigenvalue weighted by atomic mass is 10.1. The number of nitrogens with one attached hydrogen (secondary N) is 1. The summed E-state index contributed by atoms with van der Waals surface area (Å²) in [6, 6.07) is 12.7. The van der Waals surface area contributed by atoms with Crippen LogP contribution in [0.4, 0.5) is 15.8 Å². The van der Waals surface area contributed by atoms with Crippen LogP contribution in [0.3, 0.4) is 0 Å². The highest BCUT2D eigenvalue weighted by atomic mass is 32.1. The number of piperazine rings is 1. The van der Waals surface area contributed by atoms with Gasteiger partial charge in [-0.2, -0.15) is 0 Å². The molecule has 5 rings (SSSR count). The highest BCUT2D eigenvalue weighted by Gasteiger charge is 2.26. The van der Waals surface area contributed by atoms with Gasteiger partial charge in [-0.25, -0.2) is 4.39 Å². The second kappa shape index (κ2) is 9.49. The van der Waals surface area contributed by atoms with Gasteiger partial charge < -0.3 is 15.1 Å². The predicted molar refractivity (Wildman–Crippen MR) is 131 cm³/mol. The molecule has 0 spiro atoms. The Morgan fingerprint density at radius 2 is 1.76 bits per heavy atom. The van der Waals surface area contributed by atoms with E-state index in [1.54, 1.807) is 16.2 Å². The van der Waals surface area contributed by atoms with Crippen molar-refractivity contribution in [2.75, 3.05) is 55.6 Å². The molecule has 3 aromatic rings. The number of rotatable bonds is 6. The molecule has 1 aromatic heterocycles. The van der Waals surface area contributed by atoms with Gasteiger partial charge in [-0.3, -0.25) is 14.5 Å². The molecule has 0 aliphatic carbocycles.